The molecule has 0 fully saturated rings. The van der Waals surface area contributed by atoms with Crippen LogP contribution in [0.1, 0.15) is 37.6 Å². The first-order valence-corrected chi connectivity index (χ1v) is 6.73. The molecular weight excluding hydrogens is 264 g/mol. The molecule has 5 heteroatoms. The van der Waals surface area contributed by atoms with Gasteiger partial charge in [-0.15, -0.1) is 0 Å². The van der Waals surface area contributed by atoms with Crippen molar-refractivity contribution >= 4 is 5.84 Å². The summed E-state index contributed by atoms with van der Waals surface area (Å²) in [6.07, 6.45) is 3.01. The van der Waals surface area contributed by atoms with Crippen LogP contribution in [-0.4, -0.2) is 15.8 Å². The molecule has 0 amide bonds. The predicted molar refractivity (Wildman–Crippen MR) is 83.0 cm³/mol. The van der Waals surface area contributed by atoms with Gasteiger partial charge in [0.05, 0.1) is 0 Å². The molecule has 0 bridgehead atoms. The van der Waals surface area contributed by atoms with Gasteiger partial charge >= 0.3 is 0 Å². The summed E-state index contributed by atoms with van der Waals surface area (Å²) in [7, 11) is 0. The zero-order valence-corrected chi connectivity index (χ0v) is 12.8. The summed E-state index contributed by atoms with van der Waals surface area (Å²) >= 11 is 0. The number of nitrogens with one attached hydrogen (secondary N) is 1. The van der Waals surface area contributed by atoms with Gasteiger partial charge in [0.15, 0.2) is 5.69 Å². The molecule has 1 aromatic carbocycles. The zero-order valence-electron chi connectivity index (χ0n) is 12.8. The maximum atomic E-state index is 7.56. The number of hydrogen-bond donors (Lipinski definition) is 2. The minimum absolute atomic E-state index is 0.0678. The molecule has 0 aliphatic heterocycles. The average molecular weight is 284 g/mol. The Bertz CT molecular complexity index is 674. The van der Waals surface area contributed by atoms with Crippen molar-refractivity contribution in [2.75, 3.05) is 0 Å². The van der Waals surface area contributed by atoms with Gasteiger partial charge in [-0.25, -0.2) is 9.97 Å². The van der Waals surface area contributed by atoms with Crippen molar-refractivity contribution in [2.45, 2.75) is 33.1 Å². The van der Waals surface area contributed by atoms with Gasteiger partial charge < -0.3 is 10.5 Å². The summed E-state index contributed by atoms with van der Waals surface area (Å²) in [6.45, 7) is 8.36. The Morgan fingerprint density at radius 1 is 1.19 bits per heavy atom. The fraction of sp³-hybridized carbons (Fsp3) is 0.312. The fourth-order valence-electron chi connectivity index (χ4n) is 2.02. The highest BCUT2D eigenvalue weighted by atomic mass is 16.5. The van der Waals surface area contributed by atoms with Crippen LogP contribution in [0.15, 0.2) is 30.6 Å². The molecule has 0 saturated carbocycles. The third kappa shape index (κ3) is 3.37. The lowest BCUT2D eigenvalue weighted by Gasteiger charge is -2.23. The molecule has 5 nitrogen and oxygen atoms in total. The normalized spacial score (nSPS) is 11.2. The zero-order chi connectivity index (χ0) is 15.6. The molecule has 2 aromatic rings. The molecule has 0 spiro atoms. The number of aryl methyl sites for hydroxylation is 1. The van der Waals surface area contributed by atoms with Gasteiger partial charge in [-0.3, -0.25) is 5.41 Å². The van der Waals surface area contributed by atoms with Crippen LogP contribution in [0.5, 0.6) is 11.6 Å². The van der Waals surface area contributed by atoms with Gasteiger partial charge in [-0.1, -0.05) is 32.9 Å². The van der Waals surface area contributed by atoms with Crippen LogP contribution in [0.25, 0.3) is 0 Å². The van der Waals surface area contributed by atoms with E-state index in [0.29, 0.717) is 5.75 Å². The second-order valence-electron chi connectivity index (χ2n) is 5.98. The Hall–Kier alpha value is -2.43. The van der Waals surface area contributed by atoms with Crippen molar-refractivity contribution in [3.05, 3.63) is 47.4 Å². The highest BCUT2D eigenvalue weighted by Crippen LogP contribution is 2.34. The number of aromatic nitrogens is 2. The van der Waals surface area contributed by atoms with E-state index in [1.807, 2.05) is 13.0 Å². The molecule has 2 rings (SSSR count). The largest absolute Gasteiger partial charge is 0.437 e. The molecule has 0 unspecified atom stereocenters. The van der Waals surface area contributed by atoms with Crippen LogP contribution in [0.2, 0.25) is 0 Å². The van der Waals surface area contributed by atoms with E-state index in [4.69, 9.17) is 15.9 Å². The Balaban J connectivity index is 2.49. The monoisotopic (exact) mass is 284 g/mol. The van der Waals surface area contributed by atoms with Crippen LogP contribution < -0.4 is 10.5 Å². The van der Waals surface area contributed by atoms with E-state index >= 15 is 0 Å². The summed E-state index contributed by atoms with van der Waals surface area (Å²) < 4.78 is 5.91. The lowest BCUT2D eigenvalue weighted by Crippen LogP contribution is -2.16. The van der Waals surface area contributed by atoms with Crippen LogP contribution >= 0.6 is 0 Å². The van der Waals surface area contributed by atoms with Gasteiger partial charge in [0.25, 0.3) is 0 Å². The standard InChI is InChI=1S/C16H20N4O/c1-10-5-6-11(16(2,3)4)12(9-10)21-15-13(14(17)18)19-7-8-20-15/h5-9H,1-4H3,(H3,17,18). The number of rotatable bonds is 3. The molecule has 0 aliphatic rings. The topological polar surface area (TPSA) is 84.9 Å². The maximum absolute atomic E-state index is 7.56. The van der Waals surface area contributed by atoms with Crippen molar-refractivity contribution in [1.29, 1.82) is 5.41 Å². The van der Waals surface area contributed by atoms with E-state index in [1.54, 1.807) is 0 Å². The second-order valence-corrected chi connectivity index (χ2v) is 5.98. The molecule has 110 valence electrons. The smallest absolute Gasteiger partial charge is 0.249 e. The van der Waals surface area contributed by atoms with Crippen molar-refractivity contribution in [2.24, 2.45) is 5.73 Å². The SMILES string of the molecule is Cc1ccc(C(C)(C)C)c(Oc2nccnc2C(=N)N)c1. The Morgan fingerprint density at radius 3 is 2.48 bits per heavy atom. The van der Waals surface area contributed by atoms with E-state index < -0.39 is 0 Å². The van der Waals surface area contributed by atoms with Crippen LogP contribution in [0, 0.1) is 12.3 Å². The number of nitrogens with zero attached hydrogens (tertiary/aromatic N) is 2. The number of amidine groups is 1. The minimum atomic E-state index is -0.164. The van der Waals surface area contributed by atoms with Gasteiger partial charge in [0.2, 0.25) is 5.88 Å². The van der Waals surface area contributed by atoms with Gasteiger partial charge in [0.1, 0.15) is 11.6 Å². The molecular formula is C16H20N4O. The highest BCUT2D eigenvalue weighted by molar-refractivity contribution is 5.95. The van der Waals surface area contributed by atoms with Crippen molar-refractivity contribution in [3.8, 4) is 11.6 Å². The second kappa shape index (κ2) is 5.52. The molecule has 3 N–H and O–H groups in total. The van der Waals surface area contributed by atoms with E-state index in [2.05, 4.69) is 42.9 Å². The Kier molecular flexibility index (Phi) is 3.93. The lowest BCUT2D eigenvalue weighted by atomic mass is 9.86. The molecule has 1 aromatic heterocycles. The third-order valence-electron chi connectivity index (χ3n) is 3.07. The number of nitrogens with two attached hydrogens (primary N) is 1. The molecule has 0 aliphatic carbocycles. The number of nitrogen functional groups attached to an aromatic ring is 1. The predicted octanol–water partition coefficient (Wildman–Crippen LogP) is 3.16. The first kappa shape index (κ1) is 15.0. The number of benzene rings is 1. The molecule has 1 heterocycles. The maximum Gasteiger partial charge on any atom is 0.249 e. The van der Waals surface area contributed by atoms with E-state index in [9.17, 15) is 0 Å². The quantitative estimate of drug-likeness (QED) is 0.669. The van der Waals surface area contributed by atoms with Gasteiger partial charge in [0, 0.05) is 18.0 Å². The van der Waals surface area contributed by atoms with Crippen molar-refractivity contribution in [1.82, 2.24) is 9.97 Å². The summed E-state index contributed by atoms with van der Waals surface area (Å²) in [5.41, 5.74) is 7.86. The Morgan fingerprint density at radius 2 is 1.86 bits per heavy atom. The lowest BCUT2D eigenvalue weighted by molar-refractivity contribution is 0.436. The molecule has 0 atom stereocenters. The van der Waals surface area contributed by atoms with Crippen molar-refractivity contribution in [3.63, 3.8) is 0 Å². The van der Waals surface area contributed by atoms with Crippen LogP contribution in [0.4, 0.5) is 0 Å². The van der Waals surface area contributed by atoms with Crippen LogP contribution in [-0.2, 0) is 5.41 Å². The summed E-state index contributed by atoms with van der Waals surface area (Å²) in [5.74, 6) is 0.801. The van der Waals surface area contributed by atoms with Crippen LogP contribution in [0.3, 0.4) is 0 Å². The summed E-state index contributed by atoms with van der Waals surface area (Å²) in [5, 5.41) is 7.56. The molecule has 0 radical (unpaired) electrons. The Labute approximate surface area is 124 Å². The van der Waals surface area contributed by atoms with Crippen molar-refractivity contribution < 1.29 is 4.74 Å². The van der Waals surface area contributed by atoms with Gasteiger partial charge in [-0.2, -0.15) is 0 Å². The van der Waals surface area contributed by atoms with E-state index in [-0.39, 0.29) is 22.8 Å². The highest BCUT2D eigenvalue weighted by Gasteiger charge is 2.21. The van der Waals surface area contributed by atoms with E-state index in [0.717, 1.165) is 11.1 Å². The fourth-order valence-corrected chi connectivity index (χ4v) is 2.02. The molecule has 21 heavy (non-hydrogen) atoms. The van der Waals surface area contributed by atoms with Gasteiger partial charge in [-0.05, 0) is 24.0 Å². The average Bonchev–Trinajstić information content (AvgIpc) is 2.37. The van der Waals surface area contributed by atoms with E-state index in [1.165, 1.54) is 12.4 Å². The first-order chi connectivity index (χ1) is 9.79. The third-order valence-corrected chi connectivity index (χ3v) is 3.07. The summed E-state index contributed by atoms with van der Waals surface area (Å²) in [4.78, 5) is 8.19. The number of ether oxygens (including phenoxy) is 1. The first-order valence-electron chi connectivity index (χ1n) is 6.73. The number of hydrogen-bond acceptors (Lipinski definition) is 4. The summed E-state index contributed by atoms with van der Waals surface area (Å²) in [6, 6.07) is 6.06. The minimum Gasteiger partial charge on any atom is -0.437 e. The molecule has 0 saturated heterocycles.